The zero-order chi connectivity index (χ0) is 20.5. The minimum absolute atomic E-state index is 0.0356. The van der Waals surface area contributed by atoms with Gasteiger partial charge in [0.1, 0.15) is 0 Å². The second kappa shape index (κ2) is 10.8. The third-order valence-corrected chi connectivity index (χ3v) is 5.01. The molecule has 2 rings (SSSR count). The van der Waals surface area contributed by atoms with Crippen LogP contribution in [0, 0.1) is 0 Å². The van der Waals surface area contributed by atoms with Crippen molar-refractivity contribution in [1.82, 2.24) is 10.2 Å². The van der Waals surface area contributed by atoms with Gasteiger partial charge in [-0.25, -0.2) is 0 Å². The Hall–Kier alpha value is -2.37. The standard InChI is InChI=1S/C22H28ClN3O2/c1-4-10-19(17-11-6-5-7-12-17)25-22(28)16(2)26(3)15-21(27)24-20-14-9-8-13-18(20)23/h5-9,11-14,16,19H,4,10,15H2,1-3H3,(H,24,27)(H,25,28)/t16-,19-/m0/s1. The number of rotatable bonds is 9. The van der Waals surface area contributed by atoms with Gasteiger partial charge in [0.05, 0.1) is 29.3 Å². The van der Waals surface area contributed by atoms with Crippen LogP contribution >= 0.6 is 11.6 Å². The molecule has 0 aromatic heterocycles. The molecule has 0 unspecified atom stereocenters. The molecule has 2 aromatic carbocycles. The Morgan fingerprint density at radius 2 is 1.71 bits per heavy atom. The molecule has 0 aliphatic rings. The molecule has 0 spiro atoms. The predicted octanol–water partition coefficient (Wildman–Crippen LogP) is 4.26. The fourth-order valence-corrected chi connectivity index (χ4v) is 3.09. The summed E-state index contributed by atoms with van der Waals surface area (Å²) in [6.07, 6.45) is 1.82. The first-order valence-corrected chi connectivity index (χ1v) is 9.90. The van der Waals surface area contributed by atoms with Crippen LogP contribution in [0.2, 0.25) is 5.02 Å². The summed E-state index contributed by atoms with van der Waals surface area (Å²) in [5.41, 5.74) is 1.65. The molecule has 5 nitrogen and oxygen atoms in total. The highest BCUT2D eigenvalue weighted by Gasteiger charge is 2.23. The molecular formula is C22H28ClN3O2. The Bertz CT molecular complexity index is 782. The minimum atomic E-state index is -0.444. The molecule has 6 heteroatoms. The molecule has 0 saturated heterocycles. The number of hydrogen-bond acceptors (Lipinski definition) is 3. The summed E-state index contributed by atoms with van der Waals surface area (Å²) in [5, 5.41) is 6.37. The van der Waals surface area contributed by atoms with E-state index in [1.165, 1.54) is 0 Å². The van der Waals surface area contributed by atoms with Crippen molar-refractivity contribution in [1.29, 1.82) is 0 Å². The number of benzene rings is 2. The minimum Gasteiger partial charge on any atom is -0.348 e. The van der Waals surface area contributed by atoms with Gasteiger partial charge in [-0.15, -0.1) is 0 Å². The van der Waals surface area contributed by atoms with Gasteiger partial charge in [0.2, 0.25) is 11.8 Å². The summed E-state index contributed by atoms with van der Waals surface area (Å²) in [5.74, 6) is -0.321. The summed E-state index contributed by atoms with van der Waals surface area (Å²) in [7, 11) is 1.76. The van der Waals surface area contributed by atoms with Crippen LogP contribution in [-0.4, -0.2) is 36.3 Å². The number of nitrogens with one attached hydrogen (secondary N) is 2. The van der Waals surface area contributed by atoms with Gasteiger partial charge in [-0.05, 0) is 38.1 Å². The zero-order valence-electron chi connectivity index (χ0n) is 16.6. The lowest BCUT2D eigenvalue weighted by Crippen LogP contribution is -2.46. The number of nitrogens with zero attached hydrogens (tertiary/aromatic N) is 1. The third-order valence-electron chi connectivity index (χ3n) is 4.68. The molecule has 2 N–H and O–H groups in total. The van der Waals surface area contributed by atoms with Crippen molar-refractivity contribution in [2.45, 2.75) is 38.8 Å². The number of anilines is 1. The van der Waals surface area contributed by atoms with E-state index in [-0.39, 0.29) is 24.4 Å². The number of carbonyl (C=O) groups is 2. The van der Waals surface area contributed by atoms with E-state index in [0.29, 0.717) is 10.7 Å². The van der Waals surface area contributed by atoms with E-state index < -0.39 is 6.04 Å². The maximum atomic E-state index is 12.7. The van der Waals surface area contributed by atoms with E-state index >= 15 is 0 Å². The maximum absolute atomic E-state index is 12.7. The Morgan fingerprint density at radius 3 is 2.36 bits per heavy atom. The summed E-state index contributed by atoms with van der Waals surface area (Å²) in [4.78, 5) is 26.8. The third kappa shape index (κ3) is 6.36. The first-order chi connectivity index (χ1) is 13.4. The molecule has 2 atom stereocenters. The van der Waals surface area contributed by atoms with E-state index in [1.807, 2.05) is 30.3 Å². The van der Waals surface area contributed by atoms with Crippen LogP contribution in [0.3, 0.4) is 0 Å². The van der Waals surface area contributed by atoms with Gasteiger partial charge in [-0.3, -0.25) is 14.5 Å². The quantitative estimate of drug-likeness (QED) is 0.660. The monoisotopic (exact) mass is 401 g/mol. The average molecular weight is 402 g/mol. The van der Waals surface area contributed by atoms with Crippen molar-refractivity contribution in [2.24, 2.45) is 0 Å². The van der Waals surface area contributed by atoms with Gasteiger partial charge in [-0.1, -0.05) is 67.4 Å². The number of likely N-dealkylation sites (N-methyl/N-ethyl adjacent to an activating group) is 1. The van der Waals surface area contributed by atoms with Crippen LogP contribution in [0.15, 0.2) is 54.6 Å². The molecule has 2 aromatic rings. The van der Waals surface area contributed by atoms with E-state index in [1.54, 1.807) is 43.1 Å². The molecule has 150 valence electrons. The molecule has 2 amide bonds. The van der Waals surface area contributed by atoms with Crippen LogP contribution in [-0.2, 0) is 9.59 Å². The molecule has 0 fully saturated rings. The lowest BCUT2D eigenvalue weighted by molar-refractivity contribution is -0.127. The first-order valence-electron chi connectivity index (χ1n) is 9.52. The van der Waals surface area contributed by atoms with Gasteiger partial charge in [0, 0.05) is 0 Å². The topological polar surface area (TPSA) is 61.4 Å². The first kappa shape index (κ1) is 21.9. The second-order valence-corrected chi connectivity index (χ2v) is 7.29. The van der Waals surface area contributed by atoms with E-state index in [2.05, 4.69) is 17.6 Å². The van der Waals surface area contributed by atoms with Gasteiger partial charge in [-0.2, -0.15) is 0 Å². The van der Waals surface area contributed by atoms with Crippen molar-refractivity contribution in [2.75, 3.05) is 18.9 Å². The molecule has 0 aliphatic heterocycles. The highest BCUT2D eigenvalue weighted by atomic mass is 35.5. The van der Waals surface area contributed by atoms with Crippen molar-refractivity contribution < 1.29 is 9.59 Å². The highest BCUT2D eigenvalue weighted by Crippen LogP contribution is 2.21. The van der Waals surface area contributed by atoms with Gasteiger partial charge in [0.25, 0.3) is 0 Å². The van der Waals surface area contributed by atoms with Crippen molar-refractivity contribution >= 4 is 29.1 Å². The van der Waals surface area contributed by atoms with Crippen molar-refractivity contribution in [3.05, 3.63) is 65.2 Å². The fraction of sp³-hybridized carbons (Fsp3) is 0.364. The van der Waals surface area contributed by atoms with Crippen LogP contribution in [0.4, 0.5) is 5.69 Å². The van der Waals surface area contributed by atoms with E-state index in [0.717, 1.165) is 18.4 Å². The summed E-state index contributed by atoms with van der Waals surface area (Å²) >= 11 is 6.07. The second-order valence-electron chi connectivity index (χ2n) is 6.88. The Balaban J connectivity index is 1.93. The van der Waals surface area contributed by atoms with Crippen LogP contribution in [0.25, 0.3) is 0 Å². The van der Waals surface area contributed by atoms with Crippen molar-refractivity contribution in [3.8, 4) is 0 Å². The number of hydrogen-bond donors (Lipinski definition) is 2. The van der Waals surface area contributed by atoms with Gasteiger partial charge in [0.15, 0.2) is 0 Å². The van der Waals surface area contributed by atoms with Gasteiger partial charge < -0.3 is 10.6 Å². The molecular weight excluding hydrogens is 374 g/mol. The summed E-state index contributed by atoms with van der Waals surface area (Å²) in [6.45, 7) is 3.98. The normalized spacial score (nSPS) is 13.0. The number of halogens is 1. The Kier molecular flexibility index (Phi) is 8.48. The number of carbonyl (C=O) groups excluding carboxylic acids is 2. The smallest absolute Gasteiger partial charge is 0.238 e. The molecule has 0 aliphatic carbocycles. The molecule has 0 bridgehead atoms. The fourth-order valence-electron chi connectivity index (χ4n) is 2.90. The van der Waals surface area contributed by atoms with Crippen LogP contribution in [0.5, 0.6) is 0 Å². The number of amides is 2. The SMILES string of the molecule is CCC[C@H](NC(=O)[C@H](C)N(C)CC(=O)Nc1ccccc1Cl)c1ccccc1. The largest absolute Gasteiger partial charge is 0.348 e. The van der Waals surface area contributed by atoms with Crippen molar-refractivity contribution in [3.63, 3.8) is 0 Å². The van der Waals surface area contributed by atoms with Crippen LogP contribution in [0.1, 0.15) is 38.3 Å². The zero-order valence-corrected chi connectivity index (χ0v) is 17.4. The van der Waals surface area contributed by atoms with Gasteiger partial charge >= 0.3 is 0 Å². The molecule has 28 heavy (non-hydrogen) atoms. The Labute approximate surface area is 172 Å². The molecule has 0 saturated carbocycles. The van der Waals surface area contributed by atoms with Crippen LogP contribution < -0.4 is 10.6 Å². The molecule has 0 heterocycles. The predicted molar refractivity (Wildman–Crippen MR) is 114 cm³/mol. The summed E-state index contributed by atoms with van der Waals surface area (Å²) < 4.78 is 0. The lowest BCUT2D eigenvalue weighted by atomic mass is 10.0. The highest BCUT2D eigenvalue weighted by molar-refractivity contribution is 6.33. The van der Waals surface area contributed by atoms with E-state index in [4.69, 9.17) is 11.6 Å². The maximum Gasteiger partial charge on any atom is 0.238 e. The lowest BCUT2D eigenvalue weighted by Gasteiger charge is -2.26. The average Bonchev–Trinajstić information content (AvgIpc) is 2.69. The van der Waals surface area contributed by atoms with E-state index in [9.17, 15) is 9.59 Å². The molecule has 0 radical (unpaired) electrons. The Morgan fingerprint density at radius 1 is 1.07 bits per heavy atom. The number of para-hydroxylation sites is 1. The summed E-state index contributed by atoms with van der Waals surface area (Å²) in [6, 6.07) is 16.5.